The zero-order valence-corrected chi connectivity index (χ0v) is 20.4. The summed E-state index contributed by atoms with van der Waals surface area (Å²) in [4.78, 5) is 30.1. The first-order chi connectivity index (χ1) is 17.8. The molecule has 0 saturated carbocycles. The number of imidazole rings is 1. The maximum Gasteiger partial charge on any atom is 0.251 e. The Morgan fingerprint density at radius 1 is 1.14 bits per heavy atom. The Hall–Kier alpha value is -4.00. The van der Waals surface area contributed by atoms with Crippen molar-refractivity contribution in [3.63, 3.8) is 0 Å². The number of nitrogens with one attached hydrogen (secondary N) is 2. The molecule has 0 spiro atoms. The molecule has 12 heteroatoms. The van der Waals surface area contributed by atoms with Gasteiger partial charge in [-0.25, -0.2) is 19.3 Å². The molecule has 1 aliphatic heterocycles. The van der Waals surface area contributed by atoms with Crippen molar-refractivity contribution >= 4 is 22.9 Å². The van der Waals surface area contributed by atoms with Crippen LogP contribution in [0.5, 0.6) is 0 Å². The quantitative estimate of drug-likeness (QED) is 0.306. The molecule has 1 aromatic carbocycles. The third-order valence-corrected chi connectivity index (χ3v) is 6.22. The summed E-state index contributed by atoms with van der Waals surface area (Å²) >= 11 is 0. The number of ether oxygens (including phenoxy) is 1. The van der Waals surface area contributed by atoms with E-state index < -0.39 is 30.4 Å². The Morgan fingerprint density at radius 3 is 2.70 bits per heavy atom. The van der Waals surface area contributed by atoms with Crippen molar-refractivity contribution in [2.75, 3.05) is 12.4 Å². The Kier molecular flexibility index (Phi) is 6.54. The first-order valence-corrected chi connectivity index (χ1v) is 11.7. The number of halogens is 1. The molecule has 0 aliphatic carbocycles. The predicted molar refractivity (Wildman–Crippen MR) is 132 cm³/mol. The highest BCUT2D eigenvalue weighted by atomic mass is 19.1. The number of rotatable bonds is 6. The van der Waals surface area contributed by atoms with Crippen LogP contribution in [-0.4, -0.2) is 66.0 Å². The van der Waals surface area contributed by atoms with Crippen LogP contribution in [0.4, 0.5) is 10.2 Å². The second kappa shape index (κ2) is 9.81. The van der Waals surface area contributed by atoms with Crippen LogP contribution in [0.15, 0.2) is 43.0 Å². The van der Waals surface area contributed by atoms with E-state index in [-0.39, 0.29) is 18.0 Å². The lowest BCUT2D eigenvalue weighted by Crippen LogP contribution is -2.41. The van der Waals surface area contributed by atoms with Crippen molar-refractivity contribution in [3.8, 4) is 11.4 Å². The number of nitrogens with zero attached hydrogens (tertiary/aromatic N) is 5. The number of aliphatic hydroxyl groups excluding tert-OH is 2. The minimum Gasteiger partial charge on any atom is -0.387 e. The zero-order chi connectivity index (χ0) is 26.3. The number of aliphatic hydroxyl groups is 2. The summed E-state index contributed by atoms with van der Waals surface area (Å²) in [5.74, 6) is -0.276. The first-order valence-electron chi connectivity index (χ1n) is 11.7. The third kappa shape index (κ3) is 4.61. The minimum absolute atomic E-state index is 0.137. The standard InChI is InChI=1S/C25H26FN7O4/c1-12-4-5-16(26)14(6-12)10-29-22-17-23(32-21(31-22)15-7-13(2)8-28-9-15)33(11-30-17)25-19(35)18(34)20(37-25)24(36)27-3/h4-9,11,18-20,25,34-35H,10H2,1-3H3,(H,27,36)(H,29,31,32). The number of hydrogen-bond acceptors (Lipinski definition) is 9. The Morgan fingerprint density at radius 2 is 1.95 bits per heavy atom. The van der Waals surface area contributed by atoms with Crippen LogP contribution in [0.1, 0.15) is 22.9 Å². The number of amides is 1. The van der Waals surface area contributed by atoms with Gasteiger partial charge in [0.2, 0.25) is 0 Å². The number of fused-ring (bicyclic) bond motifs is 1. The van der Waals surface area contributed by atoms with Crippen LogP contribution in [0.2, 0.25) is 0 Å². The average Bonchev–Trinajstić information content (AvgIpc) is 3.44. The molecule has 4 unspecified atom stereocenters. The van der Waals surface area contributed by atoms with Crippen molar-refractivity contribution in [3.05, 3.63) is 65.5 Å². The molecule has 4 aromatic rings. The number of aryl methyl sites for hydroxylation is 2. The molecule has 0 radical (unpaired) electrons. The fourth-order valence-electron chi connectivity index (χ4n) is 4.30. The second-order valence-corrected chi connectivity index (χ2v) is 8.96. The van der Waals surface area contributed by atoms with Crippen LogP contribution in [-0.2, 0) is 16.1 Å². The Bertz CT molecular complexity index is 1480. The zero-order valence-electron chi connectivity index (χ0n) is 20.4. The Balaban J connectivity index is 1.59. The molecule has 5 rings (SSSR count). The van der Waals surface area contributed by atoms with Gasteiger partial charge in [0, 0.05) is 37.1 Å². The normalized spacial score (nSPS) is 21.4. The van der Waals surface area contributed by atoms with Gasteiger partial charge < -0.3 is 25.6 Å². The summed E-state index contributed by atoms with van der Waals surface area (Å²) in [6, 6.07) is 6.71. The summed E-state index contributed by atoms with van der Waals surface area (Å²) in [6.07, 6.45) is -0.569. The number of likely N-dealkylation sites (N-methyl/N-ethyl adjacent to an activating group) is 1. The van der Waals surface area contributed by atoms with E-state index in [4.69, 9.17) is 4.74 Å². The molecule has 4 atom stereocenters. The van der Waals surface area contributed by atoms with Crippen LogP contribution in [0.25, 0.3) is 22.6 Å². The summed E-state index contributed by atoms with van der Waals surface area (Å²) < 4.78 is 21.6. The van der Waals surface area contributed by atoms with Crippen LogP contribution < -0.4 is 10.6 Å². The van der Waals surface area contributed by atoms with Crippen molar-refractivity contribution in [1.29, 1.82) is 0 Å². The SMILES string of the molecule is CNC(=O)C1OC(n2cnc3c(NCc4cc(C)ccc4F)nc(-c4cncc(C)c4)nc32)C(O)C1O. The van der Waals surface area contributed by atoms with Crippen molar-refractivity contribution in [2.24, 2.45) is 0 Å². The monoisotopic (exact) mass is 507 g/mol. The lowest BCUT2D eigenvalue weighted by molar-refractivity contribution is -0.137. The molecule has 37 heavy (non-hydrogen) atoms. The molecule has 4 heterocycles. The van der Waals surface area contributed by atoms with Gasteiger partial charge in [-0.15, -0.1) is 0 Å². The predicted octanol–water partition coefficient (Wildman–Crippen LogP) is 1.62. The van der Waals surface area contributed by atoms with E-state index in [0.29, 0.717) is 28.3 Å². The third-order valence-electron chi connectivity index (χ3n) is 6.22. The van der Waals surface area contributed by atoms with Gasteiger partial charge in [-0.1, -0.05) is 17.7 Å². The van der Waals surface area contributed by atoms with E-state index in [0.717, 1.165) is 11.1 Å². The highest BCUT2D eigenvalue weighted by molar-refractivity contribution is 5.85. The van der Waals surface area contributed by atoms with Crippen molar-refractivity contribution in [1.82, 2.24) is 29.8 Å². The van der Waals surface area contributed by atoms with Gasteiger partial charge >= 0.3 is 0 Å². The fraction of sp³-hybridized carbons (Fsp3) is 0.320. The highest BCUT2D eigenvalue weighted by Gasteiger charge is 2.47. The van der Waals surface area contributed by atoms with E-state index in [1.807, 2.05) is 19.9 Å². The minimum atomic E-state index is -1.45. The van der Waals surface area contributed by atoms with Gasteiger partial charge in [-0.2, -0.15) is 0 Å². The first kappa shape index (κ1) is 24.7. The molecule has 1 saturated heterocycles. The van der Waals surface area contributed by atoms with Gasteiger partial charge in [0.25, 0.3) is 5.91 Å². The van der Waals surface area contributed by atoms with E-state index in [1.54, 1.807) is 24.5 Å². The Labute approximate surface area is 211 Å². The molecular formula is C25H26FN7O4. The maximum absolute atomic E-state index is 14.4. The largest absolute Gasteiger partial charge is 0.387 e. The van der Waals surface area contributed by atoms with E-state index >= 15 is 0 Å². The number of carbonyl (C=O) groups excluding carboxylic acids is 1. The van der Waals surface area contributed by atoms with Gasteiger partial charge in [0.1, 0.15) is 18.0 Å². The van der Waals surface area contributed by atoms with Crippen LogP contribution in [0.3, 0.4) is 0 Å². The van der Waals surface area contributed by atoms with Crippen molar-refractivity contribution < 1.29 is 24.1 Å². The number of benzene rings is 1. The summed E-state index contributed by atoms with van der Waals surface area (Å²) in [5.41, 5.74) is 3.53. The molecule has 0 bridgehead atoms. The average molecular weight is 508 g/mol. The maximum atomic E-state index is 14.4. The molecule has 1 amide bonds. The number of aromatic nitrogens is 5. The van der Waals surface area contributed by atoms with Gasteiger partial charge in [0.15, 0.2) is 35.1 Å². The summed E-state index contributed by atoms with van der Waals surface area (Å²) in [7, 11) is 1.41. The fourth-order valence-corrected chi connectivity index (χ4v) is 4.30. The second-order valence-electron chi connectivity index (χ2n) is 8.96. The lowest BCUT2D eigenvalue weighted by Gasteiger charge is -2.17. The van der Waals surface area contributed by atoms with E-state index in [9.17, 15) is 19.4 Å². The van der Waals surface area contributed by atoms with Crippen molar-refractivity contribution in [2.45, 2.75) is 44.9 Å². The molecule has 4 N–H and O–H groups in total. The number of pyridine rings is 1. The van der Waals surface area contributed by atoms with Crippen LogP contribution in [0, 0.1) is 19.7 Å². The topological polar surface area (TPSA) is 147 Å². The lowest BCUT2D eigenvalue weighted by atomic mass is 10.1. The highest BCUT2D eigenvalue weighted by Crippen LogP contribution is 2.33. The molecule has 11 nitrogen and oxygen atoms in total. The van der Waals surface area contributed by atoms with Gasteiger partial charge in [0.05, 0.1) is 6.33 Å². The molecule has 1 fully saturated rings. The summed E-state index contributed by atoms with van der Waals surface area (Å²) in [5, 5.41) is 26.7. The molecular weight excluding hydrogens is 481 g/mol. The van der Waals surface area contributed by atoms with Crippen LogP contribution >= 0.6 is 0 Å². The number of carbonyl (C=O) groups is 1. The summed E-state index contributed by atoms with van der Waals surface area (Å²) in [6.45, 7) is 3.91. The molecule has 3 aromatic heterocycles. The molecule has 192 valence electrons. The van der Waals surface area contributed by atoms with E-state index in [1.165, 1.54) is 24.0 Å². The smallest absolute Gasteiger partial charge is 0.251 e. The number of hydrogen-bond donors (Lipinski definition) is 4. The van der Waals surface area contributed by atoms with Gasteiger partial charge in [-0.05, 0) is 31.5 Å². The molecule has 1 aliphatic rings. The van der Waals surface area contributed by atoms with E-state index in [2.05, 4.69) is 30.6 Å². The van der Waals surface area contributed by atoms with Gasteiger partial charge in [-0.3, -0.25) is 14.3 Å². The number of anilines is 1.